The van der Waals surface area contributed by atoms with Crippen molar-refractivity contribution >= 4 is 12.0 Å². The van der Waals surface area contributed by atoms with Gasteiger partial charge in [-0.25, -0.2) is 14.0 Å². The van der Waals surface area contributed by atoms with Crippen molar-refractivity contribution in [1.82, 2.24) is 20.4 Å². The number of carbonyl (C=O) groups excluding carboxylic acids is 2. The van der Waals surface area contributed by atoms with E-state index in [4.69, 9.17) is 14.2 Å². The first kappa shape index (κ1) is 24.1. The number of benzene rings is 2. The second-order valence-corrected chi connectivity index (χ2v) is 8.94. The molecule has 3 heterocycles. The van der Waals surface area contributed by atoms with E-state index in [1.54, 1.807) is 19.1 Å². The highest BCUT2D eigenvalue weighted by atomic mass is 19.1. The number of fused-ring (bicyclic) bond motifs is 1. The molecule has 9 nitrogen and oxygen atoms in total. The zero-order chi connectivity index (χ0) is 25.1. The minimum absolute atomic E-state index is 0.207. The van der Waals surface area contributed by atoms with Gasteiger partial charge in [0.05, 0.1) is 18.2 Å². The Labute approximate surface area is 208 Å². The maximum Gasteiger partial charge on any atom is 0.338 e. The molecule has 0 saturated carbocycles. The maximum atomic E-state index is 13.5. The second-order valence-electron chi connectivity index (χ2n) is 8.94. The minimum atomic E-state index is -0.722. The van der Waals surface area contributed by atoms with Gasteiger partial charge in [0, 0.05) is 45.0 Å². The van der Waals surface area contributed by atoms with E-state index >= 15 is 0 Å². The van der Waals surface area contributed by atoms with Crippen molar-refractivity contribution in [3.8, 4) is 11.5 Å². The number of rotatable bonds is 7. The zero-order valence-corrected chi connectivity index (χ0v) is 20.1. The lowest BCUT2D eigenvalue weighted by Crippen LogP contribution is -2.51. The summed E-state index contributed by atoms with van der Waals surface area (Å²) in [6.45, 7) is 6.62. The first-order chi connectivity index (χ1) is 17.5. The summed E-state index contributed by atoms with van der Waals surface area (Å²) in [6.07, 6.45) is 0. The third kappa shape index (κ3) is 5.29. The minimum Gasteiger partial charge on any atom is -0.463 e. The van der Waals surface area contributed by atoms with Gasteiger partial charge in [-0.05, 0) is 42.3 Å². The van der Waals surface area contributed by atoms with Crippen LogP contribution in [-0.4, -0.2) is 67.9 Å². The number of esters is 1. The van der Waals surface area contributed by atoms with Gasteiger partial charge in [-0.15, -0.1) is 0 Å². The first-order valence-electron chi connectivity index (χ1n) is 12.1. The SMILES string of the molecule is CCOC(=O)C1=C(CN2CCN(Cc3ccc4c(c3)OCO4)CC2)NC(=O)NC1c1ccc(F)cc1. The van der Waals surface area contributed by atoms with Gasteiger partial charge in [0.25, 0.3) is 0 Å². The van der Waals surface area contributed by atoms with Crippen molar-refractivity contribution in [3.63, 3.8) is 0 Å². The molecule has 5 rings (SSSR count). The van der Waals surface area contributed by atoms with Crippen LogP contribution >= 0.6 is 0 Å². The van der Waals surface area contributed by atoms with Crippen LogP contribution in [0.15, 0.2) is 53.7 Å². The van der Waals surface area contributed by atoms with Crippen molar-refractivity contribution < 1.29 is 28.2 Å². The van der Waals surface area contributed by atoms with Gasteiger partial charge in [-0.3, -0.25) is 9.80 Å². The molecular formula is C26H29FN4O5. The summed E-state index contributed by atoms with van der Waals surface area (Å²) >= 11 is 0. The zero-order valence-electron chi connectivity index (χ0n) is 20.1. The van der Waals surface area contributed by atoms with Crippen LogP contribution in [0.3, 0.4) is 0 Å². The highest BCUT2D eigenvalue weighted by Crippen LogP contribution is 2.33. The van der Waals surface area contributed by atoms with Crippen molar-refractivity contribution in [2.24, 2.45) is 0 Å². The smallest absolute Gasteiger partial charge is 0.338 e. The quantitative estimate of drug-likeness (QED) is 0.569. The van der Waals surface area contributed by atoms with E-state index < -0.39 is 18.0 Å². The lowest BCUT2D eigenvalue weighted by molar-refractivity contribution is -0.139. The Hall–Kier alpha value is -3.63. The predicted octanol–water partition coefficient (Wildman–Crippen LogP) is 2.54. The number of ether oxygens (including phenoxy) is 3. The fourth-order valence-corrected chi connectivity index (χ4v) is 4.72. The average Bonchev–Trinajstić information content (AvgIpc) is 3.33. The van der Waals surface area contributed by atoms with Crippen LogP contribution in [0.5, 0.6) is 11.5 Å². The third-order valence-electron chi connectivity index (χ3n) is 6.54. The average molecular weight is 497 g/mol. The molecule has 2 amide bonds. The molecule has 36 heavy (non-hydrogen) atoms. The highest BCUT2D eigenvalue weighted by molar-refractivity contribution is 5.95. The normalized spacial score (nSPS) is 20.2. The lowest BCUT2D eigenvalue weighted by atomic mass is 9.95. The van der Waals surface area contributed by atoms with Crippen molar-refractivity contribution in [1.29, 1.82) is 0 Å². The number of carbonyl (C=O) groups is 2. The molecule has 1 saturated heterocycles. The maximum absolute atomic E-state index is 13.5. The van der Waals surface area contributed by atoms with E-state index in [1.165, 1.54) is 12.1 Å². The molecule has 2 aromatic rings. The number of amides is 2. The Kier molecular flexibility index (Phi) is 7.06. The fraction of sp³-hybridized carbons (Fsp3) is 0.385. The van der Waals surface area contributed by atoms with E-state index in [0.717, 1.165) is 49.8 Å². The number of nitrogens with one attached hydrogen (secondary N) is 2. The van der Waals surface area contributed by atoms with Crippen LogP contribution in [0.2, 0.25) is 0 Å². The molecule has 0 bridgehead atoms. The third-order valence-corrected chi connectivity index (χ3v) is 6.54. The summed E-state index contributed by atoms with van der Waals surface area (Å²) in [4.78, 5) is 30.0. The largest absolute Gasteiger partial charge is 0.463 e. The topological polar surface area (TPSA) is 92.4 Å². The molecule has 0 aliphatic carbocycles. The standard InChI is InChI=1S/C26H29FN4O5/c1-2-34-25(32)23-20(28-26(33)29-24(23)18-4-6-19(27)7-5-18)15-31-11-9-30(10-12-31)14-17-3-8-21-22(13-17)36-16-35-21/h3-8,13,24H,2,9-12,14-16H2,1H3,(H2,28,29,33). The molecule has 10 heteroatoms. The monoisotopic (exact) mass is 496 g/mol. The molecule has 3 aliphatic heterocycles. The van der Waals surface area contributed by atoms with Gasteiger partial charge in [0.1, 0.15) is 5.82 Å². The molecular weight excluding hydrogens is 467 g/mol. The van der Waals surface area contributed by atoms with Crippen LogP contribution in [0.1, 0.15) is 24.1 Å². The Bertz CT molecular complexity index is 1160. The number of piperazine rings is 1. The van der Waals surface area contributed by atoms with E-state index in [-0.39, 0.29) is 19.2 Å². The molecule has 2 aromatic carbocycles. The summed E-state index contributed by atoms with van der Waals surface area (Å²) in [5, 5.41) is 5.60. The van der Waals surface area contributed by atoms with E-state index in [9.17, 15) is 14.0 Å². The van der Waals surface area contributed by atoms with Crippen LogP contribution in [0, 0.1) is 5.82 Å². The number of nitrogens with zero attached hydrogens (tertiary/aromatic N) is 2. The van der Waals surface area contributed by atoms with E-state index in [0.29, 0.717) is 23.4 Å². The van der Waals surface area contributed by atoms with Crippen LogP contribution < -0.4 is 20.1 Å². The van der Waals surface area contributed by atoms with Crippen molar-refractivity contribution in [2.75, 3.05) is 46.1 Å². The molecule has 1 fully saturated rings. The second kappa shape index (κ2) is 10.5. The lowest BCUT2D eigenvalue weighted by Gasteiger charge is -2.37. The van der Waals surface area contributed by atoms with Crippen LogP contribution in [-0.2, 0) is 16.1 Å². The van der Waals surface area contributed by atoms with Gasteiger partial charge in [0.15, 0.2) is 11.5 Å². The summed E-state index contributed by atoms with van der Waals surface area (Å²) in [5.74, 6) is 0.662. The summed E-state index contributed by atoms with van der Waals surface area (Å²) < 4.78 is 29.7. The van der Waals surface area contributed by atoms with E-state index in [1.807, 2.05) is 12.1 Å². The summed E-state index contributed by atoms with van der Waals surface area (Å²) in [7, 11) is 0. The Morgan fingerprint density at radius 1 is 1.03 bits per heavy atom. The molecule has 1 unspecified atom stereocenters. The summed E-state index contributed by atoms with van der Waals surface area (Å²) in [6, 6.07) is 10.6. The number of hydrogen-bond donors (Lipinski definition) is 2. The molecule has 0 radical (unpaired) electrons. The van der Waals surface area contributed by atoms with Gasteiger partial charge >= 0.3 is 12.0 Å². The number of urea groups is 1. The molecule has 190 valence electrons. The Morgan fingerprint density at radius 2 is 1.72 bits per heavy atom. The van der Waals surface area contributed by atoms with Crippen molar-refractivity contribution in [2.45, 2.75) is 19.5 Å². The summed E-state index contributed by atoms with van der Waals surface area (Å²) in [5.41, 5.74) is 2.62. The molecule has 1 atom stereocenters. The van der Waals surface area contributed by atoms with Crippen LogP contribution in [0.4, 0.5) is 9.18 Å². The van der Waals surface area contributed by atoms with Crippen molar-refractivity contribution in [3.05, 3.63) is 70.7 Å². The number of halogens is 1. The Morgan fingerprint density at radius 3 is 2.44 bits per heavy atom. The molecule has 0 aromatic heterocycles. The fourth-order valence-electron chi connectivity index (χ4n) is 4.72. The molecule has 3 aliphatic rings. The molecule has 0 spiro atoms. The van der Waals surface area contributed by atoms with Gasteiger partial charge in [-0.2, -0.15) is 0 Å². The first-order valence-corrected chi connectivity index (χ1v) is 12.1. The van der Waals surface area contributed by atoms with Gasteiger partial charge in [-0.1, -0.05) is 18.2 Å². The van der Waals surface area contributed by atoms with Crippen LogP contribution in [0.25, 0.3) is 0 Å². The molecule has 2 N–H and O–H groups in total. The van der Waals surface area contributed by atoms with Gasteiger partial charge in [0.2, 0.25) is 6.79 Å². The Balaban J connectivity index is 1.28. The predicted molar refractivity (Wildman–Crippen MR) is 129 cm³/mol. The van der Waals surface area contributed by atoms with E-state index in [2.05, 4.69) is 26.5 Å². The number of hydrogen-bond acceptors (Lipinski definition) is 7. The highest BCUT2D eigenvalue weighted by Gasteiger charge is 2.34. The van der Waals surface area contributed by atoms with Gasteiger partial charge < -0.3 is 24.8 Å².